The molecule has 0 aromatic rings. The second kappa shape index (κ2) is 8.11. The van der Waals surface area contributed by atoms with E-state index >= 15 is 0 Å². The van der Waals surface area contributed by atoms with Crippen molar-refractivity contribution >= 4 is 11.9 Å². The molecular weight excluding hydrogens is 294 g/mol. The Labute approximate surface area is 139 Å². The zero-order valence-corrected chi connectivity index (χ0v) is 14.6. The lowest BCUT2D eigenvalue weighted by Gasteiger charge is -2.39. The minimum atomic E-state index is -0.682. The van der Waals surface area contributed by atoms with Crippen LogP contribution in [-0.2, 0) is 14.3 Å². The molecule has 2 saturated heterocycles. The lowest BCUT2D eigenvalue weighted by Crippen LogP contribution is -2.55. The molecule has 23 heavy (non-hydrogen) atoms. The molecule has 0 saturated carbocycles. The van der Waals surface area contributed by atoms with Gasteiger partial charge in [-0.2, -0.15) is 0 Å². The summed E-state index contributed by atoms with van der Waals surface area (Å²) in [5.41, 5.74) is -0.682. The van der Waals surface area contributed by atoms with E-state index in [4.69, 9.17) is 4.74 Å². The van der Waals surface area contributed by atoms with Crippen LogP contribution in [0.5, 0.6) is 0 Å². The maximum Gasteiger partial charge on any atom is 0.315 e. The maximum absolute atomic E-state index is 13.1. The first-order chi connectivity index (χ1) is 10.9. The van der Waals surface area contributed by atoms with Crippen molar-refractivity contribution in [2.24, 2.45) is 11.3 Å². The number of amides is 1. The third-order valence-electron chi connectivity index (χ3n) is 4.85. The molecule has 2 aliphatic heterocycles. The van der Waals surface area contributed by atoms with Crippen molar-refractivity contribution in [3.8, 4) is 0 Å². The Morgan fingerprint density at radius 3 is 2.61 bits per heavy atom. The van der Waals surface area contributed by atoms with Crippen molar-refractivity contribution in [2.45, 2.75) is 58.6 Å². The van der Waals surface area contributed by atoms with Gasteiger partial charge >= 0.3 is 5.97 Å². The fraction of sp³-hybridized carbons (Fsp3) is 0.882. The summed E-state index contributed by atoms with van der Waals surface area (Å²) in [6.45, 7) is 8.60. The highest BCUT2D eigenvalue weighted by Crippen LogP contribution is 2.36. The van der Waals surface area contributed by atoms with Crippen LogP contribution in [0.1, 0.15) is 46.5 Å². The number of ether oxygens (including phenoxy) is 1. The molecule has 0 aliphatic carbocycles. The number of rotatable bonds is 7. The molecule has 0 radical (unpaired) electrons. The summed E-state index contributed by atoms with van der Waals surface area (Å²) in [6, 6.07) is 0.0682. The normalized spacial score (nSPS) is 27.0. The third-order valence-corrected chi connectivity index (χ3v) is 4.85. The molecule has 0 aromatic carbocycles. The van der Waals surface area contributed by atoms with Gasteiger partial charge in [0.15, 0.2) is 0 Å². The smallest absolute Gasteiger partial charge is 0.315 e. The van der Waals surface area contributed by atoms with Crippen LogP contribution in [0.4, 0.5) is 0 Å². The van der Waals surface area contributed by atoms with Crippen molar-refractivity contribution in [1.29, 1.82) is 0 Å². The average molecular weight is 325 g/mol. The average Bonchev–Trinajstić information content (AvgIpc) is 3.15. The number of esters is 1. The SMILES string of the molecule is CC(=O)NCC(CC(C)C)(C(=O)OC1CCNC1)[C@@H]1CCCN1. The zero-order chi connectivity index (χ0) is 16.9. The van der Waals surface area contributed by atoms with Gasteiger partial charge in [-0.25, -0.2) is 0 Å². The van der Waals surface area contributed by atoms with Gasteiger partial charge in [0.1, 0.15) is 11.5 Å². The Balaban J connectivity index is 2.20. The molecule has 0 aromatic heterocycles. The van der Waals surface area contributed by atoms with Gasteiger partial charge in [0.25, 0.3) is 0 Å². The number of nitrogens with one attached hydrogen (secondary N) is 3. The van der Waals surface area contributed by atoms with Gasteiger partial charge in [0.2, 0.25) is 5.91 Å². The predicted molar refractivity (Wildman–Crippen MR) is 89.0 cm³/mol. The van der Waals surface area contributed by atoms with Crippen molar-refractivity contribution in [1.82, 2.24) is 16.0 Å². The fourth-order valence-corrected chi connectivity index (χ4v) is 3.80. The lowest BCUT2D eigenvalue weighted by atomic mass is 9.73. The van der Waals surface area contributed by atoms with Crippen LogP contribution in [-0.4, -0.2) is 50.2 Å². The zero-order valence-electron chi connectivity index (χ0n) is 14.6. The molecule has 1 amide bonds. The van der Waals surface area contributed by atoms with Gasteiger partial charge in [-0.1, -0.05) is 13.8 Å². The van der Waals surface area contributed by atoms with E-state index in [2.05, 4.69) is 29.8 Å². The molecule has 2 aliphatic rings. The molecule has 6 heteroatoms. The predicted octanol–water partition coefficient (Wildman–Crippen LogP) is 0.812. The van der Waals surface area contributed by atoms with Crippen LogP contribution >= 0.6 is 0 Å². The van der Waals surface area contributed by atoms with E-state index in [9.17, 15) is 9.59 Å². The topological polar surface area (TPSA) is 79.5 Å². The number of carbonyl (C=O) groups is 2. The molecule has 6 nitrogen and oxygen atoms in total. The van der Waals surface area contributed by atoms with Crippen molar-refractivity contribution < 1.29 is 14.3 Å². The van der Waals surface area contributed by atoms with E-state index in [1.807, 2.05) is 0 Å². The van der Waals surface area contributed by atoms with Crippen LogP contribution in [0.15, 0.2) is 0 Å². The Morgan fingerprint density at radius 1 is 1.30 bits per heavy atom. The number of hydrogen-bond donors (Lipinski definition) is 3. The third kappa shape index (κ3) is 4.67. The molecule has 2 heterocycles. The molecular formula is C17H31N3O3. The van der Waals surface area contributed by atoms with Gasteiger partial charge < -0.3 is 20.7 Å². The van der Waals surface area contributed by atoms with Crippen LogP contribution in [0.25, 0.3) is 0 Å². The van der Waals surface area contributed by atoms with Crippen LogP contribution in [0.2, 0.25) is 0 Å². The highest BCUT2D eigenvalue weighted by Gasteiger charge is 2.49. The lowest BCUT2D eigenvalue weighted by molar-refractivity contribution is -0.163. The Kier molecular flexibility index (Phi) is 6.41. The molecule has 2 unspecified atom stereocenters. The second-order valence-electron chi connectivity index (χ2n) is 7.33. The van der Waals surface area contributed by atoms with Gasteiger partial charge in [-0.3, -0.25) is 9.59 Å². The molecule has 0 bridgehead atoms. The van der Waals surface area contributed by atoms with E-state index in [0.29, 0.717) is 18.9 Å². The van der Waals surface area contributed by atoms with E-state index < -0.39 is 5.41 Å². The van der Waals surface area contributed by atoms with Crippen LogP contribution in [0, 0.1) is 11.3 Å². The quantitative estimate of drug-likeness (QED) is 0.604. The Hall–Kier alpha value is -1.14. The molecule has 0 spiro atoms. The monoisotopic (exact) mass is 325 g/mol. The fourth-order valence-electron chi connectivity index (χ4n) is 3.80. The van der Waals surface area contributed by atoms with Gasteiger partial charge in [0.05, 0.1) is 0 Å². The first-order valence-corrected chi connectivity index (χ1v) is 8.83. The van der Waals surface area contributed by atoms with E-state index in [0.717, 1.165) is 38.9 Å². The molecule has 132 valence electrons. The summed E-state index contributed by atoms with van der Waals surface area (Å²) >= 11 is 0. The van der Waals surface area contributed by atoms with E-state index in [1.54, 1.807) is 0 Å². The Bertz CT molecular complexity index is 415. The van der Waals surface area contributed by atoms with Crippen molar-refractivity contribution in [2.75, 3.05) is 26.2 Å². The van der Waals surface area contributed by atoms with E-state index in [-0.39, 0.29) is 24.0 Å². The Morgan fingerprint density at radius 2 is 2.09 bits per heavy atom. The summed E-state index contributed by atoms with van der Waals surface area (Å²) in [5.74, 6) is 0.0833. The number of hydrogen-bond acceptors (Lipinski definition) is 5. The summed E-state index contributed by atoms with van der Waals surface area (Å²) in [7, 11) is 0. The number of carbonyl (C=O) groups excluding carboxylic acids is 2. The molecule has 3 N–H and O–H groups in total. The summed E-state index contributed by atoms with van der Waals surface area (Å²) < 4.78 is 5.83. The first-order valence-electron chi connectivity index (χ1n) is 8.83. The first kappa shape index (κ1) is 18.2. The van der Waals surface area contributed by atoms with Gasteiger partial charge in [-0.15, -0.1) is 0 Å². The van der Waals surface area contributed by atoms with Crippen molar-refractivity contribution in [3.63, 3.8) is 0 Å². The highest BCUT2D eigenvalue weighted by atomic mass is 16.5. The molecule has 2 rings (SSSR count). The van der Waals surface area contributed by atoms with Gasteiger partial charge in [-0.05, 0) is 44.7 Å². The standard InChI is InChI=1S/C17H31N3O3/c1-12(2)9-17(11-20-13(3)21,15-5-4-7-19-15)16(22)23-14-6-8-18-10-14/h12,14-15,18-19H,4-11H2,1-3H3,(H,20,21)/t14?,15-,17?/m0/s1. The maximum atomic E-state index is 13.1. The second-order valence-corrected chi connectivity index (χ2v) is 7.33. The van der Waals surface area contributed by atoms with E-state index in [1.165, 1.54) is 6.92 Å². The highest BCUT2D eigenvalue weighted by molar-refractivity contribution is 5.80. The van der Waals surface area contributed by atoms with Crippen LogP contribution in [0.3, 0.4) is 0 Å². The summed E-state index contributed by atoms with van der Waals surface area (Å²) in [4.78, 5) is 24.6. The van der Waals surface area contributed by atoms with Gasteiger partial charge in [0, 0.05) is 26.1 Å². The molecule has 3 atom stereocenters. The summed E-state index contributed by atoms with van der Waals surface area (Å²) in [6.07, 6.45) is 3.53. The van der Waals surface area contributed by atoms with Crippen LogP contribution < -0.4 is 16.0 Å². The minimum absolute atomic E-state index is 0.0484. The largest absolute Gasteiger partial charge is 0.460 e. The molecule has 2 fully saturated rings. The minimum Gasteiger partial charge on any atom is -0.460 e. The summed E-state index contributed by atoms with van der Waals surface area (Å²) in [5, 5.41) is 9.57. The van der Waals surface area contributed by atoms with Crippen molar-refractivity contribution in [3.05, 3.63) is 0 Å².